The molecule has 0 bridgehead atoms. The average Bonchev–Trinajstić information content (AvgIpc) is 2.63. The Kier molecular flexibility index (Phi) is 6.18. The van der Waals surface area contributed by atoms with E-state index in [4.69, 9.17) is 0 Å². The Morgan fingerprint density at radius 2 is 1.86 bits per heavy atom. The highest BCUT2D eigenvalue weighted by molar-refractivity contribution is 5.89. The zero-order valence-electron chi connectivity index (χ0n) is 15.1. The molecule has 2 amide bonds. The van der Waals surface area contributed by atoms with Crippen LogP contribution < -0.4 is 10.6 Å². The predicted octanol–water partition coefficient (Wildman–Crippen LogP) is 4.63. The molecular formula is C20H21F4N3O. The summed E-state index contributed by atoms with van der Waals surface area (Å²) in [4.78, 5) is 14.4. The molecule has 2 aromatic carbocycles. The molecule has 2 aromatic rings. The number of hydrogen-bond acceptors (Lipinski definition) is 2. The molecule has 0 spiro atoms. The Labute approximate surface area is 160 Å². The van der Waals surface area contributed by atoms with Crippen molar-refractivity contribution in [2.45, 2.75) is 31.6 Å². The first-order valence-corrected chi connectivity index (χ1v) is 9.02. The lowest BCUT2D eigenvalue weighted by molar-refractivity contribution is -0.139. The number of urea groups is 1. The van der Waals surface area contributed by atoms with Crippen molar-refractivity contribution in [3.63, 3.8) is 0 Å². The Bertz CT molecular complexity index is 811. The second-order valence-electron chi connectivity index (χ2n) is 6.82. The van der Waals surface area contributed by atoms with Gasteiger partial charge in [-0.3, -0.25) is 4.90 Å². The number of carbonyl (C=O) groups excluding carboxylic acids is 1. The molecule has 28 heavy (non-hydrogen) atoms. The van der Waals surface area contributed by atoms with Gasteiger partial charge in [-0.25, -0.2) is 9.18 Å². The molecule has 0 saturated carbocycles. The van der Waals surface area contributed by atoms with E-state index in [2.05, 4.69) is 15.5 Å². The number of amides is 2. The molecule has 1 aliphatic rings. The number of hydrogen-bond donors (Lipinski definition) is 2. The van der Waals surface area contributed by atoms with Crippen LogP contribution in [0.5, 0.6) is 0 Å². The van der Waals surface area contributed by atoms with Crippen LogP contribution >= 0.6 is 0 Å². The molecule has 8 heteroatoms. The molecule has 1 atom stereocenters. The minimum absolute atomic E-state index is 0.161. The van der Waals surface area contributed by atoms with Gasteiger partial charge in [0, 0.05) is 19.1 Å². The van der Waals surface area contributed by atoms with Gasteiger partial charge in [-0.15, -0.1) is 0 Å². The van der Waals surface area contributed by atoms with E-state index >= 15 is 0 Å². The molecule has 150 valence electrons. The van der Waals surface area contributed by atoms with Crippen molar-refractivity contribution in [2.75, 3.05) is 18.4 Å². The SMILES string of the molecule is O=C(Nc1cccc(C(F)(F)F)c1F)N[C@H]1CCCN(Cc2ccccc2)C1. The van der Waals surface area contributed by atoms with Gasteiger partial charge < -0.3 is 10.6 Å². The number of nitrogens with zero attached hydrogens (tertiary/aromatic N) is 1. The highest BCUT2D eigenvalue weighted by Crippen LogP contribution is 2.33. The van der Waals surface area contributed by atoms with Gasteiger partial charge in [0.25, 0.3) is 0 Å². The third-order valence-electron chi connectivity index (χ3n) is 4.64. The number of halogens is 4. The third-order valence-corrected chi connectivity index (χ3v) is 4.64. The summed E-state index contributed by atoms with van der Waals surface area (Å²) in [6.45, 7) is 2.27. The van der Waals surface area contributed by atoms with Gasteiger partial charge in [-0.2, -0.15) is 13.2 Å². The van der Waals surface area contributed by atoms with E-state index in [0.29, 0.717) is 12.6 Å². The molecule has 0 unspecified atom stereocenters. The maximum Gasteiger partial charge on any atom is 0.419 e. The van der Waals surface area contributed by atoms with Crippen molar-refractivity contribution in [1.82, 2.24) is 10.2 Å². The lowest BCUT2D eigenvalue weighted by Crippen LogP contribution is -2.48. The number of likely N-dealkylation sites (tertiary alicyclic amines) is 1. The molecular weight excluding hydrogens is 374 g/mol. The number of carbonyl (C=O) groups is 1. The van der Waals surface area contributed by atoms with E-state index in [1.54, 1.807) is 0 Å². The summed E-state index contributed by atoms with van der Waals surface area (Å²) in [5.74, 6) is -1.49. The van der Waals surface area contributed by atoms with Crippen LogP contribution in [0.2, 0.25) is 0 Å². The zero-order valence-corrected chi connectivity index (χ0v) is 15.1. The molecule has 1 heterocycles. The van der Waals surface area contributed by atoms with Crippen LogP contribution in [0.3, 0.4) is 0 Å². The van der Waals surface area contributed by atoms with Crippen molar-refractivity contribution in [2.24, 2.45) is 0 Å². The van der Waals surface area contributed by atoms with Gasteiger partial charge in [0.2, 0.25) is 0 Å². The van der Waals surface area contributed by atoms with Crippen LogP contribution in [0.4, 0.5) is 28.0 Å². The zero-order chi connectivity index (χ0) is 20.1. The minimum Gasteiger partial charge on any atom is -0.334 e. The molecule has 0 aromatic heterocycles. The molecule has 1 aliphatic heterocycles. The van der Waals surface area contributed by atoms with E-state index < -0.39 is 29.3 Å². The quantitative estimate of drug-likeness (QED) is 0.742. The fourth-order valence-electron chi connectivity index (χ4n) is 3.35. The van der Waals surface area contributed by atoms with Crippen LogP contribution in [-0.4, -0.2) is 30.1 Å². The van der Waals surface area contributed by atoms with Crippen LogP contribution in [0.15, 0.2) is 48.5 Å². The highest BCUT2D eigenvalue weighted by Gasteiger charge is 2.35. The number of nitrogens with one attached hydrogen (secondary N) is 2. The van der Waals surface area contributed by atoms with Crippen molar-refractivity contribution in [1.29, 1.82) is 0 Å². The van der Waals surface area contributed by atoms with E-state index in [1.165, 1.54) is 5.56 Å². The summed E-state index contributed by atoms with van der Waals surface area (Å²) in [6, 6.07) is 11.9. The van der Waals surface area contributed by atoms with Crippen LogP contribution in [-0.2, 0) is 12.7 Å². The number of benzene rings is 2. The smallest absolute Gasteiger partial charge is 0.334 e. The van der Waals surface area contributed by atoms with Gasteiger partial charge in [0.05, 0.1) is 11.3 Å². The predicted molar refractivity (Wildman–Crippen MR) is 98.3 cm³/mol. The maximum atomic E-state index is 14.0. The van der Waals surface area contributed by atoms with E-state index in [0.717, 1.165) is 38.1 Å². The van der Waals surface area contributed by atoms with Crippen molar-refractivity contribution >= 4 is 11.7 Å². The van der Waals surface area contributed by atoms with Crippen molar-refractivity contribution < 1.29 is 22.4 Å². The summed E-state index contributed by atoms with van der Waals surface area (Å²) in [5, 5.41) is 4.92. The summed E-state index contributed by atoms with van der Waals surface area (Å²) in [6.07, 6.45) is -3.18. The first kappa shape index (κ1) is 20.1. The second-order valence-corrected chi connectivity index (χ2v) is 6.82. The lowest BCUT2D eigenvalue weighted by atomic mass is 10.0. The standard InChI is InChI=1S/C20H21F4N3O/c21-18-16(20(22,23)24)9-4-10-17(18)26-19(28)25-15-8-5-11-27(13-15)12-14-6-2-1-3-7-14/h1-4,6-7,9-10,15H,5,8,11-13H2,(H2,25,26,28)/t15-/m0/s1. The van der Waals surface area contributed by atoms with Gasteiger partial charge in [0.15, 0.2) is 5.82 Å². The first-order valence-electron chi connectivity index (χ1n) is 9.02. The van der Waals surface area contributed by atoms with Crippen LogP contribution in [0.25, 0.3) is 0 Å². The molecule has 4 nitrogen and oxygen atoms in total. The summed E-state index contributed by atoms with van der Waals surface area (Å²) < 4.78 is 52.4. The molecule has 1 saturated heterocycles. The van der Waals surface area contributed by atoms with Gasteiger partial charge in [-0.05, 0) is 37.1 Å². The van der Waals surface area contributed by atoms with Crippen LogP contribution in [0.1, 0.15) is 24.0 Å². The molecule has 0 radical (unpaired) electrons. The summed E-state index contributed by atoms with van der Waals surface area (Å²) >= 11 is 0. The van der Waals surface area contributed by atoms with Crippen molar-refractivity contribution in [3.05, 3.63) is 65.5 Å². The highest BCUT2D eigenvalue weighted by atomic mass is 19.4. The van der Waals surface area contributed by atoms with Gasteiger partial charge in [0.1, 0.15) is 0 Å². The maximum absolute atomic E-state index is 14.0. The fraction of sp³-hybridized carbons (Fsp3) is 0.350. The van der Waals surface area contributed by atoms with E-state index in [9.17, 15) is 22.4 Å². The molecule has 0 aliphatic carbocycles. The fourth-order valence-corrected chi connectivity index (χ4v) is 3.35. The van der Waals surface area contributed by atoms with E-state index in [-0.39, 0.29) is 6.04 Å². The topological polar surface area (TPSA) is 44.4 Å². The molecule has 2 N–H and O–H groups in total. The number of anilines is 1. The summed E-state index contributed by atoms with van der Waals surface area (Å²) in [7, 11) is 0. The Morgan fingerprint density at radius 1 is 1.11 bits per heavy atom. The Hall–Kier alpha value is -2.61. The van der Waals surface area contributed by atoms with Crippen LogP contribution in [0, 0.1) is 5.82 Å². The lowest BCUT2D eigenvalue weighted by Gasteiger charge is -2.33. The monoisotopic (exact) mass is 395 g/mol. The molecule has 3 rings (SSSR count). The number of alkyl halides is 3. The summed E-state index contributed by atoms with van der Waals surface area (Å²) in [5.41, 5.74) is -0.736. The van der Waals surface area contributed by atoms with Gasteiger partial charge >= 0.3 is 12.2 Å². The largest absolute Gasteiger partial charge is 0.419 e. The normalized spacial score (nSPS) is 17.9. The van der Waals surface area contributed by atoms with Gasteiger partial charge in [-0.1, -0.05) is 36.4 Å². The average molecular weight is 395 g/mol. The number of piperidine rings is 1. The van der Waals surface area contributed by atoms with E-state index in [1.807, 2.05) is 30.3 Å². The van der Waals surface area contributed by atoms with Crippen molar-refractivity contribution in [3.8, 4) is 0 Å². The first-order chi connectivity index (χ1) is 13.3. The Balaban J connectivity index is 1.58. The second kappa shape index (κ2) is 8.60. The number of rotatable bonds is 4. The Morgan fingerprint density at radius 3 is 2.57 bits per heavy atom. The molecule has 1 fully saturated rings. The third kappa shape index (κ3) is 5.22. The minimum atomic E-state index is -4.82.